The highest BCUT2D eigenvalue weighted by molar-refractivity contribution is 5.80. The highest BCUT2D eigenvalue weighted by atomic mass is 16.3. The molecule has 1 saturated heterocycles. The zero-order chi connectivity index (χ0) is 20.3. The number of aromatic nitrogens is 1. The van der Waals surface area contributed by atoms with Crippen LogP contribution in [-0.4, -0.2) is 42.0 Å². The first-order valence-electron chi connectivity index (χ1n) is 11.2. The summed E-state index contributed by atoms with van der Waals surface area (Å²) in [6, 6.07) is 16.6. The fourth-order valence-electron chi connectivity index (χ4n) is 4.84. The molecule has 0 atom stereocenters. The molecule has 5 heteroatoms. The first-order valence-corrected chi connectivity index (χ1v) is 11.2. The molecule has 1 saturated carbocycles. The van der Waals surface area contributed by atoms with Crippen LogP contribution in [0.2, 0.25) is 0 Å². The van der Waals surface area contributed by atoms with Crippen molar-refractivity contribution in [3.8, 4) is 11.1 Å². The van der Waals surface area contributed by atoms with E-state index in [0.29, 0.717) is 11.8 Å². The van der Waals surface area contributed by atoms with E-state index in [1.54, 1.807) is 0 Å². The quantitative estimate of drug-likeness (QED) is 0.695. The van der Waals surface area contributed by atoms with Gasteiger partial charge in [0.25, 0.3) is 0 Å². The Morgan fingerprint density at radius 2 is 1.80 bits per heavy atom. The molecule has 1 aliphatic carbocycles. The van der Waals surface area contributed by atoms with E-state index in [1.807, 2.05) is 12.1 Å². The summed E-state index contributed by atoms with van der Waals surface area (Å²) in [6.07, 6.45) is 4.86. The van der Waals surface area contributed by atoms with Crippen molar-refractivity contribution >= 4 is 17.0 Å². The van der Waals surface area contributed by atoms with E-state index in [9.17, 15) is 4.79 Å². The Hall–Kier alpha value is -2.66. The largest absolute Gasteiger partial charge is 0.440 e. The summed E-state index contributed by atoms with van der Waals surface area (Å²) >= 11 is 0. The lowest BCUT2D eigenvalue weighted by Crippen LogP contribution is -2.39. The normalized spacial score (nSPS) is 22.7. The third-order valence-electron chi connectivity index (χ3n) is 6.59. The first-order chi connectivity index (χ1) is 14.8. The van der Waals surface area contributed by atoms with E-state index in [0.717, 1.165) is 80.8 Å². The maximum Gasteiger partial charge on any atom is 0.225 e. The Bertz CT molecular complexity index is 998. The van der Waals surface area contributed by atoms with Gasteiger partial charge < -0.3 is 14.6 Å². The van der Waals surface area contributed by atoms with E-state index in [1.165, 1.54) is 5.56 Å². The molecular weight excluding hydrogens is 374 g/mol. The van der Waals surface area contributed by atoms with Crippen LogP contribution in [0, 0.1) is 5.92 Å². The summed E-state index contributed by atoms with van der Waals surface area (Å²) in [6.45, 7) is 3.66. The van der Waals surface area contributed by atoms with Gasteiger partial charge in [0.15, 0.2) is 11.5 Å². The van der Waals surface area contributed by atoms with E-state index in [2.05, 4.69) is 46.6 Å². The number of hydrogen-bond donors (Lipinski definition) is 1. The molecule has 0 spiro atoms. The summed E-state index contributed by atoms with van der Waals surface area (Å²) in [5.41, 5.74) is 4.11. The second-order valence-corrected chi connectivity index (χ2v) is 8.58. The molecule has 2 aliphatic rings. The molecule has 3 aromatic rings. The monoisotopic (exact) mass is 403 g/mol. The van der Waals surface area contributed by atoms with Crippen LogP contribution in [0.1, 0.15) is 43.9 Å². The van der Waals surface area contributed by atoms with Crippen LogP contribution in [0.25, 0.3) is 22.2 Å². The van der Waals surface area contributed by atoms with Crippen molar-refractivity contribution in [3.63, 3.8) is 0 Å². The van der Waals surface area contributed by atoms with Gasteiger partial charge in [-0.1, -0.05) is 36.4 Å². The van der Waals surface area contributed by atoms with Crippen molar-refractivity contribution in [1.29, 1.82) is 0 Å². The number of fused-ring (bicyclic) bond motifs is 1. The standard InChI is InChI=1S/C25H29N3O2/c29-25(28-15-4-13-26-14-16-28)20-9-7-19(8-10-20)24-27-22-17-21(11-12-23(22)30-24)18-5-2-1-3-6-18/h1-3,5-6,11-12,17,19-20,26H,4,7-10,13-16H2. The zero-order valence-electron chi connectivity index (χ0n) is 17.3. The fraction of sp³-hybridized carbons (Fsp3) is 0.440. The fourth-order valence-corrected chi connectivity index (χ4v) is 4.84. The molecule has 2 fully saturated rings. The Morgan fingerprint density at radius 1 is 0.967 bits per heavy atom. The SMILES string of the molecule is O=C(C1CCC(c2nc3cc(-c4ccccc4)ccc3o2)CC1)N1CCCNCC1. The molecule has 2 aromatic carbocycles. The molecule has 1 aromatic heterocycles. The average molecular weight is 404 g/mol. The summed E-state index contributed by atoms with van der Waals surface area (Å²) in [4.78, 5) is 19.8. The third kappa shape index (κ3) is 3.99. The van der Waals surface area contributed by atoms with Gasteiger partial charge in [-0.2, -0.15) is 0 Å². The Labute approximate surface area is 177 Å². The van der Waals surface area contributed by atoms with Crippen molar-refractivity contribution in [3.05, 3.63) is 54.4 Å². The molecular formula is C25H29N3O2. The van der Waals surface area contributed by atoms with Crippen molar-refractivity contribution in [2.75, 3.05) is 26.2 Å². The lowest BCUT2D eigenvalue weighted by molar-refractivity contribution is -0.136. The smallest absolute Gasteiger partial charge is 0.225 e. The first kappa shape index (κ1) is 19.3. The van der Waals surface area contributed by atoms with Crippen LogP contribution in [0.3, 0.4) is 0 Å². The van der Waals surface area contributed by atoms with Gasteiger partial charge in [0.1, 0.15) is 5.52 Å². The molecule has 30 heavy (non-hydrogen) atoms. The van der Waals surface area contributed by atoms with Gasteiger partial charge in [-0.3, -0.25) is 4.79 Å². The molecule has 2 heterocycles. The lowest BCUT2D eigenvalue weighted by Gasteiger charge is -2.30. The Balaban J connectivity index is 1.26. The maximum atomic E-state index is 12.9. The number of hydrogen-bond acceptors (Lipinski definition) is 4. The van der Waals surface area contributed by atoms with E-state index in [-0.39, 0.29) is 5.92 Å². The van der Waals surface area contributed by atoms with Gasteiger partial charge in [0.2, 0.25) is 5.91 Å². The molecule has 1 aliphatic heterocycles. The van der Waals surface area contributed by atoms with Crippen LogP contribution in [0.5, 0.6) is 0 Å². The lowest BCUT2D eigenvalue weighted by atomic mass is 9.81. The van der Waals surface area contributed by atoms with Crippen LogP contribution < -0.4 is 5.32 Å². The molecule has 5 nitrogen and oxygen atoms in total. The van der Waals surface area contributed by atoms with E-state index < -0.39 is 0 Å². The minimum absolute atomic E-state index is 0.161. The highest BCUT2D eigenvalue weighted by Gasteiger charge is 2.32. The molecule has 0 bridgehead atoms. The summed E-state index contributed by atoms with van der Waals surface area (Å²) < 4.78 is 6.11. The Kier molecular flexibility index (Phi) is 5.54. The zero-order valence-corrected chi connectivity index (χ0v) is 17.3. The number of carbonyl (C=O) groups is 1. The predicted octanol–water partition coefficient (Wildman–Crippen LogP) is 4.59. The third-order valence-corrected chi connectivity index (χ3v) is 6.59. The number of carbonyl (C=O) groups excluding carboxylic acids is 1. The topological polar surface area (TPSA) is 58.4 Å². The number of amides is 1. The van der Waals surface area contributed by atoms with Gasteiger partial charge in [-0.25, -0.2) is 4.98 Å². The van der Waals surface area contributed by atoms with Crippen molar-refractivity contribution < 1.29 is 9.21 Å². The van der Waals surface area contributed by atoms with Gasteiger partial charge in [-0.15, -0.1) is 0 Å². The van der Waals surface area contributed by atoms with Gasteiger partial charge in [0, 0.05) is 31.5 Å². The molecule has 0 unspecified atom stereocenters. The van der Waals surface area contributed by atoms with Crippen LogP contribution in [-0.2, 0) is 4.79 Å². The summed E-state index contributed by atoms with van der Waals surface area (Å²) in [7, 11) is 0. The van der Waals surface area contributed by atoms with Crippen LogP contribution in [0.15, 0.2) is 52.9 Å². The Morgan fingerprint density at radius 3 is 2.63 bits per heavy atom. The molecule has 156 valence electrons. The average Bonchev–Trinajstić information content (AvgIpc) is 3.04. The number of rotatable bonds is 3. The maximum absolute atomic E-state index is 12.9. The highest BCUT2D eigenvalue weighted by Crippen LogP contribution is 2.37. The number of nitrogens with one attached hydrogen (secondary N) is 1. The number of benzene rings is 2. The van der Waals surface area contributed by atoms with Gasteiger partial charge >= 0.3 is 0 Å². The van der Waals surface area contributed by atoms with Crippen LogP contribution in [0.4, 0.5) is 0 Å². The summed E-state index contributed by atoms with van der Waals surface area (Å²) in [5.74, 6) is 1.66. The second-order valence-electron chi connectivity index (χ2n) is 8.58. The van der Waals surface area contributed by atoms with Crippen LogP contribution >= 0.6 is 0 Å². The minimum atomic E-state index is 0.161. The number of nitrogens with zero attached hydrogens (tertiary/aromatic N) is 2. The van der Waals surface area contributed by atoms with Crippen molar-refractivity contribution in [2.45, 2.75) is 38.0 Å². The van der Waals surface area contributed by atoms with E-state index >= 15 is 0 Å². The van der Waals surface area contributed by atoms with Crippen molar-refractivity contribution in [2.24, 2.45) is 5.92 Å². The number of oxazole rings is 1. The molecule has 1 amide bonds. The second kappa shape index (κ2) is 8.60. The molecule has 0 radical (unpaired) electrons. The molecule has 1 N–H and O–H groups in total. The van der Waals surface area contributed by atoms with Crippen molar-refractivity contribution in [1.82, 2.24) is 15.2 Å². The van der Waals surface area contributed by atoms with Gasteiger partial charge in [0.05, 0.1) is 0 Å². The molecule has 5 rings (SSSR count). The predicted molar refractivity (Wildman–Crippen MR) is 118 cm³/mol. The van der Waals surface area contributed by atoms with Gasteiger partial charge in [-0.05, 0) is 61.9 Å². The summed E-state index contributed by atoms with van der Waals surface area (Å²) in [5, 5.41) is 3.38. The minimum Gasteiger partial charge on any atom is -0.440 e. The van der Waals surface area contributed by atoms with E-state index in [4.69, 9.17) is 9.40 Å².